The molecule has 1 N–H and O–H groups in total. The number of para-hydroxylation sites is 1. The zero-order chi connectivity index (χ0) is 19.9. The number of hydrogen-bond donors (Lipinski definition) is 1. The standard InChI is InChI=1S/C20H20N2O5S/c1-13(10-20(24)22-9-8-14-4-2-3-5-17(14)22)28(25,26)15-6-7-18-16(11-15)21-19(23)12-27-18/h2-7,11,13H,8-10,12H2,1H3,(H,21,23)/t13-/m0/s1. The molecule has 0 aliphatic carbocycles. The van der Waals surface area contributed by atoms with Gasteiger partial charge in [0, 0.05) is 18.7 Å². The molecule has 2 aromatic carbocycles. The summed E-state index contributed by atoms with van der Waals surface area (Å²) >= 11 is 0. The zero-order valence-corrected chi connectivity index (χ0v) is 16.2. The molecule has 2 heterocycles. The van der Waals surface area contributed by atoms with Crippen molar-refractivity contribution in [3.05, 3.63) is 48.0 Å². The molecule has 0 bridgehead atoms. The van der Waals surface area contributed by atoms with Gasteiger partial charge in [0.05, 0.1) is 15.8 Å². The van der Waals surface area contributed by atoms with E-state index in [9.17, 15) is 18.0 Å². The molecule has 2 aliphatic rings. The van der Waals surface area contributed by atoms with Crippen molar-refractivity contribution < 1.29 is 22.7 Å². The molecule has 4 rings (SSSR count). The van der Waals surface area contributed by atoms with Gasteiger partial charge in [-0.3, -0.25) is 9.59 Å². The molecular weight excluding hydrogens is 380 g/mol. The minimum Gasteiger partial charge on any atom is -0.482 e. The molecule has 0 aromatic heterocycles. The topological polar surface area (TPSA) is 92.8 Å². The molecule has 2 aromatic rings. The molecule has 7 nitrogen and oxygen atoms in total. The fourth-order valence-corrected chi connectivity index (χ4v) is 4.90. The number of sulfone groups is 1. The summed E-state index contributed by atoms with van der Waals surface area (Å²) in [5.74, 6) is -0.121. The lowest BCUT2D eigenvalue weighted by molar-refractivity contribution is -0.119. The molecule has 2 aliphatic heterocycles. The Bertz CT molecular complexity index is 1060. The van der Waals surface area contributed by atoms with E-state index in [0.29, 0.717) is 18.0 Å². The maximum atomic E-state index is 13.0. The summed E-state index contributed by atoms with van der Waals surface area (Å²) in [6.07, 6.45) is 0.657. The summed E-state index contributed by atoms with van der Waals surface area (Å²) in [7, 11) is -3.75. The lowest BCUT2D eigenvalue weighted by Gasteiger charge is -2.21. The highest BCUT2D eigenvalue weighted by Crippen LogP contribution is 2.33. The molecule has 0 radical (unpaired) electrons. The van der Waals surface area contributed by atoms with Crippen LogP contribution in [0, 0.1) is 0 Å². The third kappa shape index (κ3) is 3.24. The van der Waals surface area contributed by atoms with Crippen LogP contribution in [0.3, 0.4) is 0 Å². The van der Waals surface area contributed by atoms with Crippen molar-refractivity contribution in [2.24, 2.45) is 0 Å². The molecule has 146 valence electrons. The first-order valence-corrected chi connectivity index (χ1v) is 10.6. The first-order valence-electron chi connectivity index (χ1n) is 9.05. The molecule has 1 atom stereocenters. The molecule has 0 saturated carbocycles. The van der Waals surface area contributed by atoms with Crippen LogP contribution in [-0.4, -0.2) is 38.6 Å². The number of nitrogens with one attached hydrogen (secondary N) is 1. The van der Waals surface area contributed by atoms with Gasteiger partial charge in [0.1, 0.15) is 5.75 Å². The fraction of sp³-hybridized carbons (Fsp3) is 0.300. The van der Waals surface area contributed by atoms with E-state index in [1.807, 2.05) is 24.3 Å². The number of rotatable bonds is 4. The summed E-state index contributed by atoms with van der Waals surface area (Å²) in [6.45, 7) is 2.00. The molecule has 0 fully saturated rings. The van der Waals surface area contributed by atoms with Crippen LogP contribution < -0.4 is 15.0 Å². The first kappa shape index (κ1) is 18.5. The third-order valence-corrected chi connectivity index (χ3v) is 7.23. The van der Waals surface area contributed by atoms with E-state index in [2.05, 4.69) is 5.32 Å². The Labute approximate surface area is 163 Å². The van der Waals surface area contributed by atoms with Gasteiger partial charge >= 0.3 is 0 Å². The van der Waals surface area contributed by atoms with E-state index in [1.54, 1.807) is 4.90 Å². The number of fused-ring (bicyclic) bond motifs is 2. The van der Waals surface area contributed by atoms with Gasteiger partial charge in [0.15, 0.2) is 16.4 Å². The Balaban J connectivity index is 1.53. The number of amides is 2. The van der Waals surface area contributed by atoms with Crippen molar-refractivity contribution >= 4 is 33.0 Å². The van der Waals surface area contributed by atoms with E-state index >= 15 is 0 Å². The number of carbonyl (C=O) groups excluding carboxylic acids is 2. The molecule has 28 heavy (non-hydrogen) atoms. The normalized spacial score (nSPS) is 16.6. The summed E-state index contributed by atoms with van der Waals surface area (Å²) in [5, 5.41) is 1.71. The quantitative estimate of drug-likeness (QED) is 0.849. The highest BCUT2D eigenvalue weighted by Gasteiger charge is 2.31. The summed E-state index contributed by atoms with van der Waals surface area (Å²) in [6, 6.07) is 12.0. The third-order valence-electron chi connectivity index (χ3n) is 5.09. The van der Waals surface area contributed by atoms with Crippen LogP contribution >= 0.6 is 0 Å². The maximum Gasteiger partial charge on any atom is 0.262 e. The Kier molecular flexibility index (Phi) is 4.58. The second kappa shape index (κ2) is 6.94. The van der Waals surface area contributed by atoms with Gasteiger partial charge in [0.2, 0.25) is 5.91 Å². The first-order chi connectivity index (χ1) is 13.4. The van der Waals surface area contributed by atoms with Crippen LogP contribution in [-0.2, 0) is 25.8 Å². The second-order valence-electron chi connectivity index (χ2n) is 6.98. The number of nitrogens with zero attached hydrogens (tertiary/aromatic N) is 1. The molecule has 2 amide bonds. The van der Waals surface area contributed by atoms with E-state index in [4.69, 9.17) is 4.74 Å². The Morgan fingerprint density at radius 2 is 2.04 bits per heavy atom. The maximum absolute atomic E-state index is 13.0. The molecule has 8 heteroatoms. The highest BCUT2D eigenvalue weighted by atomic mass is 32.2. The van der Waals surface area contributed by atoms with Crippen LogP contribution in [0.25, 0.3) is 0 Å². The zero-order valence-electron chi connectivity index (χ0n) is 15.3. The largest absolute Gasteiger partial charge is 0.482 e. The summed E-state index contributed by atoms with van der Waals surface area (Å²) in [4.78, 5) is 25.9. The van der Waals surface area contributed by atoms with Crippen LogP contribution in [0.2, 0.25) is 0 Å². The van der Waals surface area contributed by atoms with Crippen molar-refractivity contribution in [1.29, 1.82) is 0 Å². The SMILES string of the molecule is C[C@@H](CC(=O)N1CCc2ccccc21)S(=O)(=O)c1ccc2c(c1)NC(=O)CO2. The van der Waals surface area contributed by atoms with Crippen LogP contribution in [0.5, 0.6) is 5.75 Å². The van der Waals surface area contributed by atoms with E-state index in [0.717, 1.165) is 17.7 Å². The summed E-state index contributed by atoms with van der Waals surface area (Å²) < 4.78 is 31.2. The minimum atomic E-state index is -3.75. The Morgan fingerprint density at radius 3 is 2.86 bits per heavy atom. The number of ether oxygens (including phenoxy) is 1. The van der Waals surface area contributed by atoms with E-state index in [-0.39, 0.29) is 29.7 Å². The van der Waals surface area contributed by atoms with Gasteiger partial charge in [-0.25, -0.2) is 8.42 Å². The number of benzene rings is 2. The van der Waals surface area contributed by atoms with Gasteiger partial charge in [0.25, 0.3) is 5.91 Å². The van der Waals surface area contributed by atoms with Crippen LogP contribution in [0.15, 0.2) is 47.4 Å². The van der Waals surface area contributed by atoms with Crippen molar-refractivity contribution in [2.45, 2.75) is 29.9 Å². The van der Waals surface area contributed by atoms with Gasteiger partial charge < -0.3 is 15.0 Å². The minimum absolute atomic E-state index is 0.0548. The van der Waals surface area contributed by atoms with Crippen molar-refractivity contribution in [3.63, 3.8) is 0 Å². The molecule has 0 unspecified atom stereocenters. The van der Waals surface area contributed by atoms with Gasteiger partial charge in [-0.15, -0.1) is 0 Å². The van der Waals surface area contributed by atoms with Crippen LogP contribution in [0.4, 0.5) is 11.4 Å². The van der Waals surface area contributed by atoms with Gasteiger partial charge in [-0.2, -0.15) is 0 Å². The van der Waals surface area contributed by atoms with Crippen molar-refractivity contribution in [3.8, 4) is 5.75 Å². The smallest absolute Gasteiger partial charge is 0.262 e. The Hall–Kier alpha value is -2.87. The summed E-state index contributed by atoms with van der Waals surface area (Å²) in [5.41, 5.74) is 2.27. The van der Waals surface area contributed by atoms with E-state index < -0.39 is 15.1 Å². The van der Waals surface area contributed by atoms with Crippen molar-refractivity contribution in [1.82, 2.24) is 0 Å². The number of anilines is 2. The number of hydrogen-bond acceptors (Lipinski definition) is 5. The lowest BCUT2D eigenvalue weighted by atomic mass is 10.2. The molecular formula is C20H20N2O5S. The average molecular weight is 400 g/mol. The monoisotopic (exact) mass is 400 g/mol. The van der Waals surface area contributed by atoms with Crippen molar-refractivity contribution in [2.75, 3.05) is 23.4 Å². The molecule has 0 spiro atoms. The average Bonchev–Trinajstić information content (AvgIpc) is 3.11. The number of carbonyl (C=O) groups is 2. The van der Waals surface area contributed by atoms with Gasteiger partial charge in [-0.05, 0) is 43.2 Å². The van der Waals surface area contributed by atoms with Crippen LogP contribution in [0.1, 0.15) is 18.9 Å². The lowest BCUT2D eigenvalue weighted by Crippen LogP contribution is -2.33. The van der Waals surface area contributed by atoms with E-state index in [1.165, 1.54) is 25.1 Å². The molecule has 0 saturated heterocycles. The predicted octanol–water partition coefficient (Wildman–Crippen LogP) is 2.16. The Morgan fingerprint density at radius 1 is 1.25 bits per heavy atom. The fourth-order valence-electron chi connectivity index (χ4n) is 3.53. The predicted molar refractivity (Wildman–Crippen MR) is 104 cm³/mol. The highest BCUT2D eigenvalue weighted by molar-refractivity contribution is 7.92. The van der Waals surface area contributed by atoms with Gasteiger partial charge in [-0.1, -0.05) is 18.2 Å². The second-order valence-corrected chi connectivity index (χ2v) is 9.34.